The Morgan fingerprint density at radius 3 is 2.61 bits per heavy atom. The molecule has 124 valence electrons. The number of hydrogen-bond acceptors (Lipinski definition) is 4. The second-order valence-corrected chi connectivity index (χ2v) is 6.19. The highest BCUT2D eigenvalue weighted by Gasteiger charge is 2.20. The lowest BCUT2D eigenvalue weighted by atomic mass is 10.2. The summed E-state index contributed by atoms with van der Waals surface area (Å²) in [4.78, 5) is 14.2. The predicted octanol–water partition coefficient (Wildman–Crippen LogP) is 3.97. The van der Waals surface area contributed by atoms with E-state index in [1.54, 1.807) is 7.11 Å². The molecule has 0 spiro atoms. The molecule has 2 rings (SSSR count). The molecule has 0 fully saturated rings. The van der Waals surface area contributed by atoms with E-state index in [0.29, 0.717) is 23.8 Å². The van der Waals surface area contributed by atoms with Crippen LogP contribution in [0.25, 0.3) is 10.4 Å². The van der Waals surface area contributed by atoms with E-state index in [4.69, 9.17) is 9.47 Å². The average Bonchev–Trinajstić information content (AvgIpc) is 2.99. The Bertz CT molecular complexity index is 624. The van der Waals surface area contributed by atoms with Crippen LogP contribution < -0.4 is 10.1 Å². The van der Waals surface area contributed by atoms with Gasteiger partial charge in [0.1, 0.15) is 10.6 Å². The van der Waals surface area contributed by atoms with Crippen LogP contribution in [0, 0.1) is 0 Å². The summed E-state index contributed by atoms with van der Waals surface area (Å²) in [6, 6.07) is 12.0. The van der Waals surface area contributed by atoms with Crippen molar-refractivity contribution in [3.63, 3.8) is 0 Å². The first-order valence-electron chi connectivity index (χ1n) is 7.81. The zero-order chi connectivity index (χ0) is 16.7. The SMILES string of the molecule is CCOc1cc(-c2ccccc2)sc1C(=O)NC(CC)COC. The summed E-state index contributed by atoms with van der Waals surface area (Å²) in [5, 5.41) is 3.01. The second-order valence-electron chi connectivity index (χ2n) is 5.14. The van der Waals surface area contributed by atoms with Gasteiger partial charge in [-0.15, -0.1) is 11.3 Å². The Labute approximate surface area is 141 Å². The Kier molecular flexibility index (Phi) is 6.62. The zero-order valence-corrected chi connectivity index (χ0v) is 14.6. The van der Waals surface area contributed by atoms with Crippen molar-refractivity contribution in [2.45, 2.75) is 26.3 Å². The molecule has 0 saturated carbocycles. The standard InChI is InChI=1S/C18H23NO3S/c1-4-14(12-21-3)19-18(20)17-15(22-5-2)11-16(23-17)13-9-7-6-8-10-13/h6-11,14H,4-5,12H2,1-3H3,(H,19,20). The number of amides is 1. The summed E-state index contributed by atoms with van der Waals surface area (Å²) in [7, 11) is 1.64. The van der Waals surface area contributed by atoms with Crippen molar-refractivity contribution in [1.82, 2.24) is 5.32 Å². The number of carbonyl (C=O) groups excluding carboxylic acids is 1. The van der Waals surface area contributed by atoms with Gasteiger partial charge in [0.15, 0.2) is 0 Å². The summed E-state index contributed by atoms with van der Waals surface area (Å²) in [5.74, 6) is 0.533. The molecule has 0 aliphatic rings. The first-order chi connectivity index (χ1) is 11.2. The van der Waals surface area contributed by atoms with Gasteiger partial charge in [0.25, 0.3) is 5.91 Å². The Hall–Kier alpha value is -1.85. The lowest BCUT2D eigenvalue weighted by Gasteiger charge is -2.15. The highest BCUT2D eigenvalue weighted by atomic mass is 32.1. The summed E-state index contributed by atoms with van der Waals surface area (Å²) in [6.45, 7) is 4.97. The molecule has 0 bridgehead atoms. The first-order valence-corrected chi connectivity index (χ1v) is 8.63. The fourth-order valence-electron chi connectivity index (χ4n) is 2.25. The fourth-order valence-corrected chi connectivity index (χ4v) is 3.26. The second kappa shape index (κ2) is 8.70. The highest BCUT2D eigenvalue weighted by molar-refractivity contribution is 7.17. The molecule has 0 aliphatic heterocycles. The first kappa shape index (κ1) is 17.5. The monoisotopic (exact) mass is 333 g/mol. The lowest BCUT2D eigenvalue weighted by molar-refractivity contribution is 0.0895. The molecule has 1 unspecified atom stereocenters. The minimum atomic E-state index is -0.107. The normalized spacial score (nSPS) is 12.0. The number of ether oxygens (including phenoxy) is 2. The molecule has 0 aliphatic carbocycles. The van der Waals surface area contributed by atoms with Crippen molar-refractivity contribution in [2.75, 3.05) is 20.3 Å². The van der Waals surface area contributed by atoms with Crippen molar-refractivity contribution in [2.24, 2.45) is 0 Å². The Morgan fingerprint density at radius 2 is 2.00 bits per heavy atom. The van der Waals surface area contributed by atoms with Crippen LogP contribution in [0.4, 0.5) is 0 Å². The van der Waals surface area contributed by atoms with Gasteiger partial charge >= 0.3 is 0 Å². The summed E-state index contributed by atoms with van der Waals surface area (Å²) >= 11 is 1.45. The maximum absolute atomic E-state index is 12.6. The smallest absolute Gasteiger partial charge is 0.265 e. The number of hydrogen-bond donors (Lipinski definition) is 1. The van der Waals surface area contributed by atoms with Gasteiger partial charge in [-0.05, 0) is 25.0 Å². The van der Waals surface area contributed by atoms with E-state index in [1.807, 2.05) is 50.2 Å². The van der Waals surface area contributed by atoms with E-state index >= 15 is 0 Å². The number of thiophene rings is 1. The average molecular weight is 333 g/mol. The van der Waals surface area contributed by atoms with Gasteiger partial charge in [-0.2, -0.15) is 0 Å². The van der Waals surface area contributed by atoms with Gasteiger partial charge in [0.05, 0.1) is 19.3 Å². The van der Waals surface area contributed by atoms with E-state index in [1.165, 1.54) is 11.3 Å². The molecule has 1 atom stereocenters. The maximum atomic E-state index is 12.6. The highest BCUT2D eigenvalue weighted by Crippen LogP contribution is 2.36. The van der Waals surface area contributed by atoms with Crippen molar-refractivity contribution < 1.29 is 14.3 Å². The van der Waals surface area contributed by atoms with Crippen LogP contribution in [0.1, 0.15) is 29.9 Å². The summed E-state index contributed by atoms with van der Waals surface area (Å²) < 4.78 is 10.8. The molecule has 0 radical (unpaired) electrons. The van der Waals surface area contributed by atoms with Crippen molar-refractivity contribution in [1.29, 1.82) is 0 Å². The summed E-state index contributed by atoms with van der Waals surface area (Å²) in [5.41, 5.74) is 1.08. The Balaban J connectivity index is 2.25. The van der Waals surface area contributed by atoms with Crippen LogP contribution in [0.5, 0.6) is 5.75 Å². The van der Waals surface area contributed by atoms with Gasteiger partial charge < -0.3 is 14.8 Å². The number of carbonyl (C=O) groups is 1. The van der Waals surface area contributed by atoms with Crippen molar-refractivity contribution >= 4 is 17.2 Å². The van der Waals surface area contributed by atoms with Gasteiger partial charge in [-0.1, -0.05) is 37.3 Å². The van der Waals surface area contributed by atoms with Crippen LogP contribution in [0.2, 0.25) is 0 Å². The van der Waals surface area contributed by atoms with Crippen LogP contribution in [-0.2, 0) is 4.74 Å². The molecule has 2 aromatic rings. The van der Waals surface area contributed by atoms with Crippen LogP contribution in [0.3, 0.4) is 0 Å². The van der Waals surface area contributed by atoms with Gasteiger partial charge in [0, 0.05) is 12.0 Å². The van der Waals surface area contributed by atoms with Crippen LogP contribution in [0.15, 0.2) is 36.4 Å². The van der Waals surface area contributed by atoms with E-state index in [0.717, 1.165) is 16.9 Å². The molecule has 1 N–H and O–H groups in total. The largest absolute Gasteiger partial charge is 0.492 e. The number of nitrogens with one attached hydrogen (secondary N) is 1. The van der Waals surface area contributed by atoms with Gasteiger partial charge in [0.2, 0.25) is 0 Å². The van der Waals surface area contributed by atoms with Crippen LogP contribution >= 0.6 is 11.3 Å². The molecular formula is C18H23NO3S. The molecule has 1 amide bonds. The van der Waals surface area contributed by atoms with E-state index in [9.17, 15) is 4.79 Å². The van der Waals surface area contributed by atoms with Crippen molar-refractivity contribution in [3.05, 3.63) is 41.3 Å². The fraction of sp³-hybridized carbons (Fsp3) is 0.389. The number of methoxy groups -OCH3 is 1. The minimum Gasteiger partial charge on any atom is -0.492 e. The van der Waals surface area contributed by atoms with Gasteiger partial charge in [-0.3, -0.25) is 4.79 Å². The van der Waals surface area contributed by atoms with E-state index < -0.39 is 0 Å². The third-order valence-electron chi connectivity index (χ3n) is 3.46. The molecule has 1 heterocycles. The van der Waals surface area contributed by atoms with Crippen molar-refractivity contribution in [3.8, 4) is 16.2 Å². The quantitative estimate of drug-likeness (QED) is 0.795. The number of benzene rings is 1. The van der Waals surface area contributed by atoms with Crippen LogP contribution in [-0.4, -0.2) is 32.3 Å². The zero-order valence-electron chi connectivity index (χ0n) is 13.8. The molecule has 23 heavy (non-hydrogen) atoms. The third-order valence-corrected chi connectivity index (χ3v) is 4.62. The van der Waals surface area contributed by atoms with E-state index in [2.05, 4.69) is 5.32 Å². The predicted molar refractivity (Wildman–Crippen MR) is 94.3 cm³/mol. The molecule has 4 nitrogen and oxygen atoms in total. The summed E-state index contributed by atoms with van der Waals surface area (Å²) in [6.07, 6.45) is 0.820. The molecular weight excluding hydrogens is 310 g/mol. The molecule has 0 saturated heterocycles. The van der Waals surface area contributed by atoms with E-state index in [-0.39, 0.29) is 11.9 Å². The topological polar surface area (TPSA) is 47.6 Å². The third kappa shape index (κ3) is 4.56. The lowest BCUT2D eigenvalue weighted by Crippen LogP contribution is -2.37. The molecule has 5 heteroatoms. The molecule has 1 aromatic carbocycles. The maximum Gasteiger partial charge on any atom is 0.265 e. The molecule has 1 aromatic heterocycles. The number of rotatable bonds is 8. The Morgan fingerprint density at radius 1 is 1.26 bits per heavy atom. The van der Waals surface area contributed by atoms with Gasteiger partial charge in [-0.25, -0.2) is 0 Å². The minimum absolute atomic E-state index is 0.00394.